The van der Waals surface area contributed by atoms with E-state index < -0.39 is 16.5 Å². The molecule has 0 aliphatic rings. The number of aromatic nitrogens is 1. The summed E-state index contributed by atoms with van der Waals surface area (Å²) in [4.78, 5) is 26.5. The zero-order valence-corrected chi connectivity index (χ0v) is 11.5. The molecular formula is C13H14N4O4. The Morgan fingerprint density at radius 3 is 2.76 bits per heavy atom. The van der Waals surface area contributed by atoms with Crippen molar-refractivity contribution in [3.63, 3.8) is 0 Å². The van der Waals surface area contributed by atoms with Crippen molar-refractivity contribution in [3.8, 4) is 0 Å². The van der Waals surface area contributed by atoms with Crippen molar-refractivity contribution in [2.45, 2.75) is 20.4 Å². The Hall–Kier alpha value is -2.90. The van der Waals surface area contributed by atoms with Gasteiger partial charge in [-0.3, -0.25) is 14.9 Å². The van der Waals surface area contributed by atoms with Gasteiger partial charge in [0, 0.05) is 0 Å². The smallest absolute Gasteiger partial charge is 0.304 e. The molecule has 110 valence electrons. The van der Waals surface area contributed by atoms with Gasteiger partial charge < -0.3 is 15.5 Å². The first-order valence-electron chi connectivity index (χ1n) is 6.14. The SMILES string of the molecule is Cc1nc(CNC(=O)c2cccc(N)c2[N+](=O)[O-])oc1C. The second-order valence-electron chi connectivity index (χ2n) is 4.43. The van der Waals surface area contributed by atoms with Crippen LogP contribution >= 0.6 is 0 Å². The van der Waals surface area contributed by atoms with Crippen LogP contribution in [0.5, 0.6) is 0 Å². The molecule has 0 saturated carbocycles. The number of carbonyl (C=O) groups is 1. The lowest BCUT2D eigenvalue weighted by molar-refractivity contribution is -0.384. The molecule has 3 N–H and O–H groups in total. The second kappa shape index (κ2) is 5.61. The van der Waals surface area contributed by atoms with Crippen molar-refractivity contribution >= 4 is 17.3 Å². The van der Waals surface area contributed by atoms with Gasteiger partial charge in [0.25, 0.3) is 5.91 Å². The number of nitro benzene ring substituents is 1. The number of nitro groups is 1. The van der Waals surface area contributed by atoms with Crippen LogP contribution in [0.4, 0.5) is 11.4 Å². The number of hydrogen-bond acceptors (Lipinski definition) is 6. The quantitative estimate of drug-likeness (QED) is 0.501. The van der Waals surface area contributed by atoms with E-state index in [1.807, 2.05) is 0 Å². The molecule has 0 spiro atoms. The van der Waals surface area contributed by atoms with Gasteiger partial charge in [-0.05, 0) is 26.0 Å². The van der Waals surface area contributed by atoms with Gasteiger partial charge in [0.05, 0.1) is 17.2 Å². The maximum Gasteiger partial charge on any atom is 0.304 e. The fourth-order valence-corrected chi connectivity index (χ4v) is 1.81. The van der Waals surface area contributed by atoms with E-state index in [9.17, 15) is 14.9 Å². The average Bonchev–Trinajstić information content (AvgIpc) is 2.74. The largest absolute Gasteiger partial charge is 0.444 e. The number of amides is 1. The third kappa shape index (κ3) is 2.99. The summed E-state index contributed by atoms with van der Waals surface area (Å²) >= 11 is 0. The molecule has 8 nitrogen and oxygen atoms in total. The zero-order chi connectivity index (χ0) is 15.6. The van der Waals surface area contributed by atoms with Crippen LogP contribution in [-0.4, -0.2) is 15.8 Å². The molecule has 1 amide bonds. The first-order valence-corrected chi connectivity index (χ1v) is 6.14. The summed E-state index contributed by atoms with van der Waals surface area (Å²) in [5.41, 5.74) is 5.70. The van der Waals surface area contributed by atoms with E-state index in [1.54, 1.807) is 13.8 Å². The Labute approximate surface area is 120 Å². The molecule has 0 fully saturated rings. The standard InChI is InChI=1S/C13H14N4O4/c1-7-8(2)21-11(16-7)6-15-13(18)9-4-3-5-10(14)12(9)17(19)20/h3-5H,6,14H2,1-2H3,(H,15,18). The first kappa shape index (κ1) is 14.5. The highest BCUT2D eigenvalue weighted by molar-refractivity contribution is 6.00. The van der Waals surface area contributed by atoms with Crippen LogP contribution in [0.2, 0.25) is 0 Å². The van der Waals surface area contributed by atoms with E-state index in [1.165, 1.54) is 18.2 Å². The number of oxazole rings is 1. The van der Waals surface area contributed by atoms with Crippen molar-refractivity contribution in [1.29, 1.82) is 0 Å². The molecule has 1 aromatic heterocycles. The fourth-order valence-electron chi connectivity index (χ4n) is 1.81. The van der Waals surface area contributed by atoms with Crippen LogP contribution in [0.15, 0.2) is 22.6 Å². The number of hydrogen-bond donors (Lipinski definition) is 2. The number of nitrogens with one attached hydrogen (secondary N) is 1. The third-order valence-corrected chi connectivity index (χ3v) is 2.97. The Morgan fingerprint density at radius 2 is 2.19 bits per heavy atom. The maximum atomic E-state index is 12.0. The average molecular weight is 290 g/mol. The number of carbonyl (C=O) groups excluding carboxylic acids is 1. The van der Waals surface area contributed by atoms with Crippen LogP contribution in [0.25, 0.3) is 0 Å². The summed E-state index contributed by atoms with van der Waals surface area (Å²) in [5.74, 6) is 0.390. The number of para-hydroxylation sites is 1. The summed E-state index contributed by atoms with van der Waals surface area (Å²) in [6.45, 7) is 3.59. The minimum Gasteiger partial charge on any atom is -0.444 e. The lowest BCUT2D eigenvalue weighted by Gasteiger charge is -2.05. The summed E-state index contributed by atoms with van der Waals surface area (Å²) in [6.07, 6.45) is 0. The molecule has 0 atom stereocenters. The molecule has 0 saturated heterocycles. The molecule has 0 unspecified atom stereocenters. The highest BCUT2D eigenvalue weighted by atomic mass is 16.6. The predicted molar refractivity (Wildman–Crippen MR) is 74.7 cm³/mol. The number of rotatable bonds is 4. The fraction of sp³-hybridized carbons (Fsp3) is 0.231. The van der Waals surface area contributed by atoms with Crippen molar-refractivity contribution < 1.29 is 14.1 Å². The van der Waals surface area contributed by atoms with Gasteiger partial charge >= 0.3 is 5.69 Å². The summed E-state index contributed by atoms with van der Waals surface area (Å²) in [5, 5.41) is 13.5. The van der Waals surface area contributed by atoms with Crippen LogP contribution in [0.1, 0.15) is 27.7 Å². The molecule has 1 aromatic carbocycles. The van der Waals surface area contributed by atoms with E-state index in [-0.39, 0.29) is 17.8 Å². The van der Waals surface area contributed by atoms with E-state index in [4.69, 9.17) is 10.2 Å². The van der Waals surface area contributed by atoms with Gasteiger partial charge in [0.15, 0.2) is 0 Å². The van der Waals surface area contributed by atoms with Crippen LogP contribution < -0.4 is 11.1 Å². The molecule has 0 aliphatic carbocycles. The number of nitrogens with two attached hydrogens (primary N) is 1. The Morgan fingerprint density at radius 1 is 1.48 bits per heavy atom. The van der Waals surface area contributed by atoms with E-state index in [0.717, 1.165) is 5.69 Å². The maximum absolute atomic E-state index is 12.0. The number of nitrogen functional groups attached to an aromatic ring is 1. The minimum absolute atomic E-state index is 0.0411. The topological polar surface area (TPSA) is 124 Å². The molecule has 0 radical (unpaired) electrons. The molecule has 1 heterocycles. The van der Waals surface area contributed by atoms with Gasteiger partial charge in [-0.2, -0.15) is 0 Å². The Bertz CT molecular complexity index is 689. The number of benzene rings is 1. The van der Waals surface area contributed by atoms with Crippen molar-refractivity contribution in [1.82, 2.24) is 10.3 Å². The van der Waals surface area contributed by atoms with Crippen molar-refractivity contribution in [3.05, 3.63) is 51.2 Å². The van der Waals surface area contributed by atoms with Crippen LogP contribution in [0, 0.1) is 24.0 Å². The molecule has 2 aromatic rings. The zero-order valence-electron chi connectivity index (χ0n) is 11.5. The number of anilines is 1. The van der Waals surface area contributed by atoms with Gasteiger partial charge in [0.1, 0.15) is 17.0 Å². The van der Waals surface area contributed by atoms with Crippen LogP contribution in [0.3, 0.4) is 0 Å². The van der Waals surface area contributed by atoms with E-state index >= 15 is 0 Å². The first-order chi connectivity index (χ1) is 9.90. The molecular weight excluding hydrogens is 276 g/mol. The highest BCUT2D eigenvalue weighted by Crippen LogP contribution is 2.25. The lowest BCUT2D eigenvalue weighted by Crippen LogP contribution is -2.24. The lowest BCUT2D eigenvalue weighted by atomic mass is 10.1. The summed E-state index contributed by atoms with van der Waals surface area (Å²) in [7, 11) is 0. The minimum atomic E-state index is -0.677. The summed E-state index contributed by atoms with van der Waals surface area (Å²) in [6, 6.07) is 4.20. The van der Waals surface area contributed by atoms with E-state index in [0.29, 0.717) is 11.7 Å². The molecule has 8 heteroatoms. The predicted octanol–water partition coefficient (Wildman–Crippen LogP) is 1.71. The highest BCUT2D eigenvalue weighted by Gasteiger charge is 2.23. The Balaban J connectivity index is 2.17. The van der Waals surface area contributed by atoms with Gasteiger partial charge in [0.2, 0.25) is 5.89 Å². The van der Waals surface area contributed by atoms with E-state index in [2.05, 4.69) is 10.3 Å². The van der Waals surface area contributed by atoms with Gasteiger partial charge in [-0.1, -0.05) is 6.07 Å². The molecule has 21 heavy (non-hydrogen) atoms. The van der Waals surface area contributed by atoms with Crippen LogP contribution in [-0.2, 0) is 6.54 Å². The molecule has 0 aliphatic heterocycles. The third-order valence-electron chi connectivity index (χ3n) is 2.97. The number of aryl methyl sites for hydroxylation is 2. The van der Waals surface area contributed by atoms with Gasteiger partial charge in [-0.25, -0.2) is 4.98 Å². The van der Waals surface area contributed by atoms with Crippen molar-refractivity contribution in [2.75, 3.05) is 5.73 Å². The monoisotopic (exact) mass is 290 g/mol. The normalized spacial score (nSPS) is 10.4. The van der Waals surface area contributed by atoms with Gasteiger partial charge in [-0.15, -0.1) is 0 Å². The molecule has 2 rings (SSSR count). The number of nitrogens with zero attached hydrogens (tertiary/aromatic N) is 2. The second-order valence-corrected chi connectivity index (χ2v) is 4.43. The Kier molecular flexibility index (Phi) is 3.88. The van der Waals surface area contributed by atoms with Crippen molar-refractivity contribution in [2.24, 2.45) is 0 Å². The molecule has 0 bridgehead atoms. The summed E-state index contributed by atoms with van der Waals surface area (Å²) < 4.78 is 5.32.